The minimum absolute atomic E-state index is 0.0302. The summed E-state index contributed by atoms with van der Waals surface area (Å²) in [6, 6.07) is 11.2. The van der Waals surface area contributed by atoms with Gasteiger partial charge in [-0.3, -0.25) is 9.59 Å². The summed E-state index contributed by atoms with van der Waals surface area (Å²) >= 11 is 4.72. The summed E-state index contributed by atoms with van der Waals surface area (Å²) < 4.78 is 0.994. The van der Waals surface area contributed by atoms with E-state index < -0.39 is 0 Å². The molecule has 0 aliphatic carbocycles. The number of thiophene rings is 1. The van der Waals surface area contributed by atoms with E-state index in [1.54, 1.807) is 12.1 Å². The Bertz CT molecular complexity index is 611. The lowest BCUT2D eigenvalue weighted by Crippen LogP contribution is -2.37. The van der Waals surface area contributed by atoms with Gasteiger partial charge in [-0.1, -0.05) is 34.1 Å². The summed E-state index contributed by atoms with van der Waals surface area (Å²) in [6.45, 7) is 1.87. The molecule has 2 aromatic rings. The maximum Gasteiger partial charge on any atom is 0.261 e. The molecule has 1 aromatic heterocycles. The molecule has 1 heterocycles. The SMILES string of the molecule is C[C@H](NC(=O)CNC(=O)c1cccs1)c1ccc(Br)cc1. The van der Waals surface area contributed by atoms with Crippen molar-refractivity contribution in [3.05, 3.63) is 56.7 Å². The molecule has 0 unspecified atom stereocenters. The highest BCUT2D eigenvalue weighted by atomic mass is 79.9. The van der Waals surface area contributed by atoms with Gasteiger partial charge in [-0.2, -0.15) is 0 Å². The number of amides is 2. The fraction of sp³-hybridized carbons (Fsp3) is 0.200. The summed E-state index contributed by atoms with van der Waals surface area (Å²) in [5.41, 5.74) is 1.01. The van der Waals surface area contributed by atoms with Gasteiger partial charge in [-0.15, -0.1) is 11.3 Å². The zero-order valence-electron chi connectivity index (χ0n) is 11.4. The molecule has 0 spiro atoms. The number of nitrogens with one attached hydrogen (secondary N) is 2. The number of benzene rings is 1. The molecular weight excluding hydrogens is 352 g/mol. The van der Waals surface area contributed by atoms with Crippen molar-refractivity contribution < 1.29 is 9.59 Å². The first-order chi connectivity index (χ1) is 10.1. The highest BCUT2D eigenvalue weighted by Crippen LogP contribution is 2.16. The molecule has 0 fully saturated rings. The summed E-state index contributed by atoms with van der Waals surface area (Å²) in [7, 11) is 0. The zero-order valence-corrected chi connectivity index (χ0v) is 13.8. The molecule has 110 valence electrons. The first-order valence-corrected chi connectivity index (χ1v) is 8.10. The van der Waals surface area contributed by atoms with Gasteiger partial charge in [0.25, 0.3) is 5.91 Å². The van der Waals surface area contributed by atoms with Crippen LogP contribution in [0.2, 0.25) is 0 Å². The van der Waals surface area contributed by atoms with Crippen LogP contribution in [0.1, 0.15) is 28.2 Å². The number of carbonyl (C=O) groups excluding carboxylic acids is 2. The van der Waals surface area contributed by atoms with Crippen molar-refractivity contribution in [1.29, 1.82) is 0 Å². The molecule has 0 aliphatic heterocycles. The molecule has 6 heteroatoms. The second kappa shape index (κ2) is 7.38. The molecule has 0 radical (unpaired) electrons. The molecule has 2 rings (SSSR count). The number of hydrogen-bond donors (Lipinski definition) is 2. The monoisotopic (exact) mass is 366 g/mol. The second-order valence-electron chi connectivity index (χ2n) is 4.50. The van der Waals surface area contributed by atoms with Crippen molar-refractivity contribution in [1.82, 2.24) is 10.6 Å². The molecular formula is C15H15BrN2O2S. The lowest BCUT2D eigenvalue weighted by molar-refractivity contribution is -0.120. The first kappa shape index (κ1) is 15.7. The van der Waals surface area contributed by atoms with Crippen molar-refractivity contribution in [2.75, 3.05) is 6.54 Å². The number of hydrogen-bond acceptors (Lipinski definition) is 3. The van der Waals surface area contributed by atoms with Gasteiger partial charge in [-0.05, 0) is 36.1 Å². The Kier molecular flexibility index (Phi) is 5.52. The molecule has 21 heavy (non-hydrogen) atoms. The molecule has 1 aromatic carbocycles. The van der Waals surface area contributed by atoms with Crippen molar-refractivity contribution in [2.45, 2.75) is 13.0 Å². The van der Waals surface area contributed by atoms with Gasteiger partial charge >= 0.3 is 0 Å². The van der Waals surface area contributed by atoms with Crippen LogP contribution in [0.15, 0.2) is 46.3 Å². The van der Waals surface area contributed by atoms with Crippen LogP contribution >= 0.6 is 27.3 Å². The summed E-state index contributed by atoms with van der Waals surface area (Å²) in [5.74, 6) is -0.438. The Morgan fingerprint density at radius 3 is 2.57 bits per heavy atom. The van der Waals surface area contributed by atoms with Crippen LogP contribution in [0.5, 0.6) is 0 Å². The standard InChI is InChI=1S/C15H15BrN2O2S/c1-10(11-4-6-12(16)7-5-11)18-14(19)9-17-15(20)13-3-2-8-21-13/h2-8,10H,9H2,1H3,(H,17,20)(H,18,19)/t10-/m0/s1. The van der Waals surface area contributed by atoms with Crippen LogP contribution in [0.3, 0.4) is 0 Å². The summed E-state index contributed by atoms with van der Waals surface area (Å²) in [5, 5.41) is 7.28. The molecule has 0 saturated heterocycles. The van der Waals surface area contributed by atoms with E-state index in [2.05, 4.69) is 26.6 Å². The Morgan fingerprint density at radius 2 is 1.95 bits per heavy atom. The third-order valence-electron chi connectivity index (χ3n) is 2.90. The van der Waals surface area contributed by atoms with Gasteiger partial charge in [-0.25, -0.2) is 0 Å². The van der Waals surface area contributed by atoms with Crippen LogP contribution in [-0.4, -0.2) is 18.4 Å². The Balaban J connectivity index is 1.81. The Hall–Kier alpha value is -1.66. The highest BCUT2D eigenvalue weighted by molar-refractivity contribution is 9.10. The Labute approximate surface area is 135 Å². The molecule has 1 atom stereocenters. The summed E-state index contributed by atoms with van der Waals surface area (Å²) in [4.78, 5) is 24.2. The van der Waals surface area contributed by atoms with E-state index >= 15 is 0 Å². The number of rotatable bonds is 5. The topological polar surface area (TPSA) is 58.2 Å². The van der Waals surface area contributed by atoms with Gasteiger partial charge in [0, 0.05) is 4.47 Å². The molecule has 2 amide bonds. The third kappa shape index (κ3) is 4.68. The lowest BCUT2D eigenvalue weighted by atomic mass is 10.1. The quantitative estimate of drug-likeness (QED) is 0.853. The van der Waals surface area contributed by atoms with Crippen molar-refractivity contribution >= 4 is 39.1 Å². The number of carbonyl (C=O) groups is 2. The normalized spacial score (nSPS) is 11.7. The molecule has 2 N–H and O–H groups in total. The van der Waals surface area contributed by atoms with Crippen LogP contribution in [0.25, 0.3) is 0 Å². The molecule has 0 saturated carbocycles. The minimum Gasteiger partial charge on any atom is -0.348 e. The van der Waals surface area contributed by atoms with E-state index in [0.717, 1.165) is 10.0 Å². The van der Waals surface area contributed by atoms with Gasteiger partial charge in [0.2, 0.25) is 5.91 Å². The predicted octanol–water partition coefficient (Wildman–Crippen LogP) is 3.12. The second-order valence-corrected chi connectivity index (χ2v) is 6.36. The first-order valence-electron chi connectivity index (χ1n) is 6.43. The van der Waals surface area contributed by atoms with Crippen molar-refractivity contribution in [3.63, 3.8) is 0 Å². The fourth-order valence-corrected chi connectivity index (χ4v) is 2.69. The van der Waals surface area contributed by atoms with E-state index in [-0.39, 0.29) is 24.4 Å². The maximum atomic E-state index is 11.8. The van der Waals surface area contributed by atoms with Crippen LogP contribution < -0.4 is 10.6 Å². The van der Waals surface area contributed by atoms with E-state index in [4.69, 9.17) is 0 Å². The van der Waals surface area contributed by atoms with Crippen LogP contribution in [0, 0.1) is 0 Å². The fourth-order valence-electron chi connectivity index (χ4n) is 1.78. The molecule has 4 nitrogen and oxygen atoms in total. The minimum atomic E-state index is -0.226. The van der Waals surface area contributed by atoms with Crippen LogP contribution in [0.4, 0.5) is 0 Å². The van der Waals surface area contributed by atoms with Crippen LogP contribution in [-0.2, 0) is 4.79 Å². The van der Waals surface area contributed by atoms with E-state index in [1.807, 2.05) is 36.6 Å². The Morgan fingerprint density at radius 1 is 1.24 bits per heavy atom. The summed E-state index contributed by atoms with van der Waals surface area (Å²) in [6.07, 6.45) is 0. The van der Waals surface area contributed by atoms with E-state index in [0.29, 0.717) is 4.88 Å². The smallest absolute Gasteiger partial charge is 0.261 e. The van der Waals surface area contributed by atoms with Gasteiger partial charge in [0.15, 0.2) is 0 Å². The highest BCUT2D eigenvalue weighted by Gasteiger charge is 2.12. The molecule has 0 bridgehead atoms. The average Bonchev–Trinajstić information content (AvgIpc) is 2.99. The maximum absolute atomic E-state index is 11.8. The average molecular weight is 367 g/mol. The van der Waals surface area contributed by atoms with Gasteiger partial charge in [0.1, 0.15) is 0 Å². The third-order valence-corrected chi connectivity index (χ3v) is 4.30. The predicted molar refractivity (Wildman–Crippen MR) is 87.4 cm³/mol. The van der Waals surface area contributed by atoms with Gasteiger partial charge < -0.3 is 10.6 Å². The lowest BCUT2D eigenvalue weighted by Gasteiger charge is -2.14. The molecule has 0 aliphatic rings. The van der Waals surface area contributed by atoms with Crippen molar-refractivity contribution in [3.8, 4) is 0 Å². The van der Waals surface area contributed by atoms with E-state index in [1.165, 1.54) is 11.3 Å². The number of halogens is 1. The largest absolute Gasteiger partial charge is 0.348 e. The zero-order chi connectivity index (χ0) is 15.2. The van der Waals surface area contributed by atoms with E-state index in [9.17, 15) is 9.59 Å². The van der Waals surface area contributed by atoms with Gasteiger partial charge in [0.05, 0.1) is 17.5 Å². The van der Waals surface area contributed by atoms with Crippen molar-refractivity contribution in [2.24, 2.45) is 0 Å².